The molecule has 28 heavy (non-hydrogen) atoms. The van der Waals surface area contributed by atoms with Crippen LogP contribution in [0, 0.1) is 13.8 Å². The summed E-state index contributed by atoms with van der Waals surface area (Å²) >= 11 is 0. The Morgan fingerprint density at radius 1 is 0.964 bits per heavy atom. The van der Waals surface area contributed by atoms with Crippen molar-refractivity contribution in [2.75, 3.05) is 5.32 Å². The number of nitrogens with zero attached hydrogens (tertiary/aromatic N) is 2. The standard InChI is InChI=1S/C24H23N3O/c1-17-14-18(2)16-20(15-17)25-23(28)12-11-21-24(19-8-4-3-5-9-19)26-22-10-6-7-13-27(21)22/h3-10,13-16H,11-12H2,1-2H3,(H,25,28). The lowest BCUT2D eigenvalue weighted by Crippen LogP contribution is -2.13. The fourth-order valence-electron chi connectivity index (χ4n) is 3.61. The second-order valence-corrected chi connectivity index (χ2v) is 7.13. The molecule has 0 aliphatic heterocycles. The van der Waals surface area contributed by atoms with E-state index in [0.29, 0.717) is 12.8 Å². The summed E-state index contributed by atoms with van der Waals surface area (Å²) in [4.78, 5) is 17.4. The molecule has 2 aromatic heterocycles. The molecule has 0 radical (unpaired) electrons. The van der Waals surface area contributed by atoms with Crippen LogP contribution in [0.3, 0.4) is 0 Å². The summed E-state index contributed by atoms with van der Waals surface area (Å²) in [5.74, 6) is 0.00916. The average molecular weight is 369 g/mol. The smallest absolute Gasteiger partial charge is 0.224 e. The van der Waals surface area contributed by atoms with Crippen molar-refractivity contribution in [3.63, 3.8) is 0 Å². The van der Waals surface area contributed by atoms with E-state index in [1.807, 2.05) is 68.6 Å². The molecule has 0 saturated heterocycles. The minimum Gasteiger partial charge on any atom is -0.326 e. The predicted octanol–water partition coefficient (Wildman–Crippen LogP) is 5.19. The van der Waals surface area contributed by atoms with Crippen molar-refractivity contribution < 1.29 is 4.79 Å². The van der Waals surface area contributed by atoms with Gasteiger partial charge in [0.25, 0.3) is 0 Å². The van der Waals surface area contributed by atoms with E-state index in [1.54, 1.807) is 0 Å². The van der Waals surface area contributed by atoms with Gasteiger partial charge in [-0.3, -0.25) is 4.79 Å². The lowest BCUT2D eigenvalue weighted by molar-refractivity contribution is -0.116. The molecule has 0 saturated carbocycles. The molecule has 0 aliphatic rings. The maximum absolute atomic E-state index is 12.6. The summed E-state index contributed by atoms with van der Waals surface area (Å²) < 4.78 is 2.08. The van der Waals surface area contributed by atoms with E-state index in [4.69, 9.17) is 4.98 Å². The number of aromatic nitrogens is 2. The largest absolute Gasteiger partial charge is 0.326 e. The first-order valence-corrected chi connectivity index (χ1v) is 9.50. The zero-order valence-electron chi connectivity index (χ0n) is 16.1. The topological polar surface area (TPSA) is 46.4 Å². The Bertz CT molecular complexity index is 1110. The predicted molar refractivity (Wildman–Crippen MR) is 113 cm³/mol. The number of rotatable bonds is 5. The van der Waals surface area contributed by atoms with Crippen LogP contribution in [0.1, 0.15) is 23.2 Å². The minimum atomic E-state index is 0.00916. The van der Waals surface area contributed by atoms with Crippen molar-refractivity contribution in [3.8, 4) is 11.3 Å². The highest BCUT2D eigenvalue weighted by molar-refractivity contribution is 5.91. The van der Waals surface area contributed by atoms with E-state index >= 15 is 0 Å². The summed E-state index contributed by atoms with van der Waals surface area (Å²) in [6.45, 7) is 4.07. The van der Waals surface area contributed by atoms with Gasteiger partial charge in [0.15, 0.2) is 0 Å². The van der Waals surface area contributed by atoms with Gasteiger partial charge >= 0.3 is 0 Å². The Hall–Kier alpha value is -3.40. The van der Waals surface area contributed by atoms with Gasteiger partial charge in [0.1, 0.15) is 5.65 Å². The molecule has 0 atom stereocenters. The monoisotopic (exact) mass is 369 g/mol. The Balaban J connectivity index is 1.58. The van der Waals surface area contributed by atoms with Crippen molar-refractivity contribution in [1.29, 1.82) is 0 Å². The maximum Gasteiger partial charge on any atom is 0.224 e. The highest BCUT2D eigenvalue weighted by Crippen LogP contribution is 2.25. The number of hydrogen-bond donors (Lipinski definition) is 1. The molecule has 0 spiro atoms. The van der Waals surface area contributed by atoms with Crippen LogP contribution < -0.4 is 5.32 Å². The van der Waals surface area contributed by atoms with E-state index < -0.39 is 0 Å². The van der Waals surface area contributed by atoms with E-state index in [2.05, 4.69) is 27.9 Å². The first-order valence-electron chi connectivity index (χ1n) is 9.50. The summed E-state index contributed by atoms with van der Waals surface area (Å²) in [7, 11) is 0. The highest BCUT2D eigenvalue weighted by atomic mass is 16.1. The number of carbonyl (C=O) groups excluding carboxylic acids is 1. The zero-order chi connectivity index (χ0) is 19.5. The lowest BCUT2D eigenvalue weighted by atomic mass is 10.1. The fourth-order valence-corrected chi connectivity index (χ4v) is 3.61. The number of anilines is 1. The lowest BCUT2D eigenvalue weighted by Gasteiger charge is -2.09. The molecule has 0 aliphatic carbocycles. The SMILES string of the molecule is Cc1cc(C)cc(NC(=O)CCc2c(-c3ccccc3)nc3ccccn23)c1. The van der Waals surface area contributed by atoms with E-state index in [1.165, 1.54) is 0 Å². The molecular formula is C24H23N3O. The first-order chi connectivity index (χ1) is 13.6. The van der Waals surface area contributed by atoms with Crippen LogP contribution in [0.15, 0.2) is 72.9 Å². The highest BCUT2D eigenvalue weighted by Gasteiger charge is 2.15. The summed E-state index contributed by atoms with van der Waals surface area (Å²) in [6.07, 6.45) is 3.02. The molecule has 0 fully saturated rings. The molecule has 0 unspecified atom stereocenters. The number of nitrogens with one attached hydrogen (secondary N) is 1. The van der Waals surface area contributed by atoms with Crippen LogP contribution in [0.5, 0.6) is 0 Å². The van der Waals surface area contributed by atoms with Gasteiger partial charge in [-0.1, -0.05) is 42.5 Å². The molecule has 1 N–H and O–H groups in total. The van der Waals surface area contributed by atoms with Gasteiger partial charge in [-0.25, -0.2) is 4.98 Å². The fraction of sp³-hybridized carbons (Fsp3) is 0.167. The summed E-state index contributed by atoms with van der Waals surface area (Å²) in [5.41, 5.74) is 7.08. The van der Waals surface area contributed by atoms with Crippen LogP contribution in [0.4, 0.5) is 5.69 Å². The van der Waals surface area contributed by atoms with Crippen molar-refractivity contribution in [3.05, 3.63) is 89.7 Å². The molecule has 4 heteroatoms. The Morgan fingerprint density at radius 2 is 1.68 bits per heavy atom. The molecule has 2 aromatic carbocycles. The molecule has 2 heterocycles. The maximum atomic E-state index is 12.6. The van der Waals surface area contributed by atoms with Gasteiger partial charge in [-0.05, 0) is 55.7 Å². The van der Waals surface area contributed by atoms with Crippen LogP contribution in [-0.2, 0) is 11.2 Å². The van der Waals surface area contributed by atoms with Gasteiger partial charge in [0, 0.05) is 23.9 Å². The molecule has 4 aromatic rings. The van der Waals surface area contributed by atoms with Crippen LogP contribution in [-0.4, -0.2) is 15.3 Å². The Morgan fingerprint density at radius 3 is 2.43 bits per heavy atom. The number of fused-ring (bicyclic) bond motifs is 1. The molecule has 140 valence electrons. The number of amides is 1. The van der Waals surface area contributed by atoms with Gasteiger partial charge < -0.3 is 9.72 Å². The zero-order valence-corrected chi connectivity index (χ0v) is 16.1. The van der Waals surface area contributed by atoms with E-state index in [0.717, 1.165) is 39.4 Å². The Labute approximate surface area is 164 Å². The second kappa shape index (κ2) is 7.69. The van der Waals surface area contributed by atoms with Crippen molar-refractivity contribution >= 4 is 17.2 Å². The third kappa shape index (κ3) is 3.81. The van der Waals surface area contributed by atoms with Gasteiger partial charge in [-0.15, -0.1) is 0 Å². The minimum absolute atomic E-state index is 0.00916. The molecule has 1 amide bonds. The quantitative estimate of drug-likeness (QED) is 0.526. The van der Waals surface area contributed by atoms with E-state index in [9.17, 15) is 4.79 Å². The number of carbonyl (C=O) groups is 1. The third-order valence-corrected chi connectivity index (χ3v) is 4.77. The average Bonchev–Trinajstić information content (AvgIpc) is 3.05. The number of benzene rings is 2. The van der Waals surface area contributed by atoms with Gasteiger partial charge in [-0.2, -0.15) is 0 Å². The number of hydrogen-bond acceptors (Lipinski definition) is 2. The van der Waals surface area contributed by atoms with E-state index in [-0.39, 0.29) is 5.91 Å². The van der Waals surface area contributed by atoms with Crippen LogP contribution in [0.2, 0.25) is 0 Å². The number of aryl methyl sites for hydroxylation is 3. The van der Waals surface area contributed by atoms with Gasteiger partial charge in [0.05, 0.1) is 11.4 Å². The molecule has 0 bridgehead atoms. The van der Waals surface area contributed by atoms with Crippen molar-refractivity contribution in [1.82, 2.24) is 9.38 Å². The second-order valence-electron chi connectivity index (χ2n) is 7.13. The van der Waals surface area contributed by atoms with Gasteiger partial charge in [0.2, 0.25) is 5.91 Å². The number of pyridine rings is 1. The number of imidazole rings is 1. The van der Waals surface area contributed by atoms with Crippen molar-refractivity contribution in [2.45, 2.75) is 26.7 Å². The summed E-state index contributed by atoms with van der Waals surface area (Å²) in [6, 6.07) is 22.2. The van der Waals surface area contributed by atoms with Crippen LogP contribution in [0.25, 0.3) is 16.9 Å². The molecular weight excluding hydrogens is 346 g/mol. The van der Waals surface area contributed by atoms with Crippen molar-refractivity contribution in [2.24, 2.45) is 0 Å². The third-order valence-electron chi connectivity index (χ3n) is 4.77. The molecule has 4 rings (SSSR count). The Kier molecular flexibility index (Phi) is 4.94. The first kappa shape index (κ1) is 18.0. The van der Waals surface area contributed by atoms with Crippen LogP contribution >= 0.6 is 0 Å². The molecule has 4 nitrogen and oxygen atoms in total. The normalized spacial score (nSPS) is 10.9. The summed E-state index contributed by atoms with van der Waals surface area (Å²) in [5, 5.41) is 3.02.